The van der Waals surface area contributed by atoms with Crippen molar-refractivity contribution in [2.24, 2.45) is 0 Å². The largest absolute Gasteiger partial charge is 0.368 e. The maximum atomic E-state index is 5.49. The first-order valence-corrected chi connectivity index (χ1v) is 6.74. The first-order valence-electron chi connectivity index (χ1n) is 3.08. The highest BCUT2D eigenvalue weighted by Crippen LogP contribution is 2.30. The maximum Gasteiger partial charge on any atom is 0.223 e. The lowest BCUT2D eigenvalue weighted by Crippen LogP contribution is -2.06. The van der Waals surface area contributed by atoms with Gasteiger partial charge in [0.15, 0.2) is 11.6 Å². The molecule has 72 valence electrons. The van der Waals surface area contributed by atoms with Crippen LogP contribution in [0.4, 0.5) is 5.95 Å². The van der Waals surface area contributed by atoms with Gasteiger partial charge in [-0.05, 0) is 0 Å². The Morgan fingerprint density at radius 1 is 0.846 bits per heavy atom. The van der Waals surface area contributed by atoms with Crippen molar-refractivity contribution in [3.63, 3.8) is 0 Å². The summed E-state index contributed by atoms with van der Waals surface area (Å²) in [4.78, 5) is 12.0. The first-order chi connectivity index (χ1) is 6.00. The van der Waals surface area contributed by atoms with Crippen molar-refractivity contribution < 1.29 is 0 Å². The van der Waals surface area contributed by atoms with Crippen molar-refractivity contribution in [2.45, 2.75) is 7.47 Å². The van der Waals surface area contributed by atoms with Crippen LogP contribution in [0.5, 0.6) is 0 Å². The molecule has 0 spiro atoms. The Morgan fingerprint density at radius 3 is 1.54 bits per heavy atom. The molecule has 0 saturated heterocycles. The van der Waals surface area contributed by atoms with E-state index in [2.05, 4.69) is 78.7 Å². The number of hydrogen-bond acceptors (Lipinski definition) is 4. The molecule has 0 aliphatic heterocycles. The van der Waals surface area contributed by atoms with Gasteiger partial charge in [-0.25, -0.2) is 4.98 Å². The van der Waals surface area contributed by atoms with E-state index in [1.165, 1.54) is 0 Å². The number of rotatable bonds is 2. The van der Waals surface area contributed by atoms with Gasteiger partial charge in [-0.2, -0.15) is 9.97 Å². The fourth-order valence-corrected chi connectivity index (χ4v) is 1.44. The number of hydrogen-bond donors (Lipinski definition) is 1. The van der Waals surface area contributed by atoms with Crippen LogP contribution >= 0.6 is 63.7 Å². The molecule has 0 fully saturated rings. The quantitative estimate of drug-likeness (QED) is 0.720. The molecule has 0 aliphatic carbocycles. The SMILES string of the molecule is Nc1nc(C(Br)Br)nc(C(Br)Br)n1. The lowest BCUT2D eigenvalue weighted by Gasteiger charge is -2.05. The Labute approximate surface area is 109 Å². The van der Waals surface area contributed by atoms with Gasteiger partial charge in [-0.3, -0.25) is 0 Å². The van der Waals surface area contributed by atoms with Crippen LogP contribution in [0.2, 0.25) is 0 Å². The van der Waals surface area contributed by atoms with E-state index >= 15 is 0 Å². The van der Waals surface area contributed by atoms with Crippen molar-refractivity contribution >= 4 is 69.7 Å². The molecule has 0 atom stereocenters. The molecule has 0 amide bonds. The van der Waals surface area contributed by atoms with Crippen molar-refractivity contribution in [3.05, 3.63) is 11.6 Å². The lowest BCUT2D eigenvalue weighted by atomic mass is 10.6. The molecule has 8 heteroatoms. The van der Waals surface area contributed by atoms with Crippen molar-refractivity contribution in [1.29, 1.82) is 0 Å². The minimum Gasteiger partial charge on any atom is -0.368 e. The summed E-state index contributed by atoms with van der Waals surface area (Å²) in [5.74, 6) is 1.30. The zero-order valence-corrected chi connectivity index (χ0v) is 12.4. The van der Waals surface area contributed by atoms with Crippen molar-refractivity contribution in [3.8, 4) is 0 Å². The summed E-state index contributed by atoms with van der Waals surface area (Å²) in [5, 5.41) is 0. The number of anilines is 1. The van der Waals surface area contributed by atoms with E-state index in [-0.39, 0.29) is 13.4 Å². The smallest absolute Gasteiger partial charge is 0.223 e. The van der Waals surface area contributed by atoms with Gasteiger partial charge >= 0.3 is 0 Å². The van der Waals surface area contributed by atoms with E-state index in [9.17, 15) is 0 Å². The Hall–Kier alpha value is 0.730. The minimum absolute atomic E-state index is 0.122. The molecule has 0 radical (unpaired) electrons. The van der Waals surface area contributed by atoms with Crippen LogP contribution < -0.4 is 5.73 Å². The molecule has 1 rings (SSSR count). The molecule has 0 bridgehead atoms. The van der Waals surface area contributed by atoms with Crippen molar-refractivity contribution in [1.82, 2.24) is 15.0 Å². The third-order valence-corrected chi connectivity index (χ3v) is 2.72. The molecular weight excluding hydrogens is 436 g/mol. The van der Waals surface area contributed by atoms with Crippen LogP contribution in [0.15, 0.2) is 0 Å². The fourth-order valence-electron chi connectivity index (χ4n) is 0.622. The van der Waals surface area contributed by atoms with Crippen molar-refractivity contribution in [2.75, 3.05) is 5.73 Å². The van der Waals surface area contributed by atoms with Gasteiger partial charge in [0.25, 0.3) is 0 Å². The van der Waals surface area contributed by atoms with Gasteiger partial charge < -0.3 is 5.73 Å². The topological polar surface area (TPSA) is 64.7 Å². The van der Waals surface area contributed by atoms with Gasteiger partial charge in [0, 0.05) is 0 Å². The molecule has 2 N–H and O–H groups in total. The second-order valence-electron chi connectivity index (χ2n) is 2.01. The third-order valence-electron chi connectivity index (χ3n) is 1.08. The van der Waals surface area contributed by atoms with Crippen LogP contribution in [-0.2, 0) is 0 Å². The summed E-state index contributed by atoms with van der Waals surface area (Å²) in [7, 11) is 0. The van der Waals surface area contributed by atoms with Crippen LogP contribution in [0.3, 0.4) is 0 Å². The van der Waals surface area contributed by atoms with Gasteiger partial charge in [0.2, 0.25) is 5.95 Å². The van der Waals surface area contributed by atoms with E-state index in [0.717, 1.165) is 0 Å². The van der Waals surface area contributed by atoms with Gasteiger partial charge in [0.05, 0.1) is 0 Å². The van der Waals surface area contributed by atoms with E-state index < -0.39 is 0 Å². The average Bonchev–Trinajstić information content (AvgIpc) is 2.03. The molecule has 1 aromatic heterocycles. The highest BCUT2D eigenvalue weighted by molar-refractivity contribution is 9.24. The Bertz CT molecular complexity index is 276. The highest BCUT2D eigenvalue weighted by Gasteiger charge is 2.13. The first kappa shape index (κ1) is 11.8. The number of nitrogens with two attached hydrogens (primary N) is 1. The molecule has 13 heavy (non-hydrogen) atoms. The molecule has 0 unspecified atom stereocenters. The molecule has 0 aromatic carbocycles. The number of aromatic nitrogens is 3. The zero-order chi connectivity index (χ0) is 10.0. The predicted molar refractivity (Wildman–Crippen MR) is 65.4 cm³/mol. The summed E-state index contributed by atoms with van der Waals surface area (Å²) < 4.78 is -0.245. The normalized spacial score (nSPS) is 11.2. The number of nitrogens with zero attached hydrogens (tertiary/aromatic N) is 3. The van der Waals surface area contributed by atoms with E-state index in [0.29, 0.717) is 11.6 Å². The predicted octanol–water partition coefficient (Wildman–Crippen LogP) is 3.03. The van der Waals surface area contributed by atoms with Gasteiger partial charge in [-0.1, -0.05) is 63.7 Å². The second kappa shape index (κ2) is 4.99. The van der Waals surface area contributed by atoms with E-state index in [1.54, 1.807) is 0 Å². The molecular formula is C5H4Br4N4. The van der Waals surface area contributed by atoms with Crippen LogP contribution in [0, 0.1) is 0 Å². The summed E-state index contributed by atoms with van der Waals surface area (Å²) in [6.45, 7) is 0. The van der Waals surface area contributed by atoms with Crippen LogP contribution in [-0.4, -0.2) is 15.0 Å². The van der Waals surface area contributed by atoms with E-state index in [1.807, 2.05) is 0 Å². The third kappa shape index (κ3) is 3.41. The van der Waals surface area contributed by atoms with Crippen LogP contribution in [0.25, 0.3) is 0 Å². The second-order valence-corrected chi connectivity index (χ2v) is 8.13. The molecule has 4 nitrogen and oxygen atoms in total. The maximum absolute atomic E-state index is 5.49. The van der Waals surface area contributed by atoms with E-state index in [4.69, 9.17) is 5.73 Å². The molecule has 0 aliphatic rings. The molecule has 1 aromatic rings. The summed E-state index contributed by atoms with van der Waals surface area (Å²) in [6, 6.07) is 0. The zero-order valence-electron chi connectivity index (χ0n) is 6.09. The minimum atomic E-state index is -0.122. The number of nitrogen functional groups attached to an aromatic ring is 1. The average molecular weight is 440 g/mol. The number of alkyl halides is 4. The van der Waals surface area contributed by atoms with Crippen LogP contribution in [0.1, 0.15) is 19.1 Å². The Morgan fingerprint density at radius 2 is 1.23 bits per heavy atom. The highest BCUT2D eigenvalue weighted by atomic mass is 79.9. The number of halogens is 4. The summed E-state index contributed by atoms with van der Waals surface area (Å²) in [6.07, 6.45) is 0. The monoisotopic (exact) mass is 436 g/mol. The molecule has 0 saturated carbocycles. The fraction of sp³-hybridized carbons (Fsp3) is 0.400. The Kier molecular flexibility index (Phi) is 4.53. The van der Waals surface area contributed by atoms with Gasteiger partial charge in [0.1, 0.15) is 7.47 Å². The standard InChI is InChI=1S/C5H4Br4N4/c6-1(7)3-11-4(2(8)9)13-5(10)12-3/h1-2H,(H2,10,11,12,13). The summed E-state index contributed by atoms with van der Waals surface area (Å²) in [5.41, 5.74) is 5.49. The van der Waals surface area contributed by atoms with Gasteiger partial charge in [-0.15, -0.1) is 0 Å². The summed E-state index contributed by atoms with van der Waals surface area (Å²) >= 11 is 13.1. The lowest BCUT2D eigenvalue weighted by molar-refractivity contribution is 0.916. The molecule has 1 heterocycles. The Balaban J connectivity index is 3.11.